The summed E-state index contributed by atoms with van der Waals surface area (Å²) < 4.78 is 0. The summed E-state index contributed by atoms with van der Waals surface area (Å²) in [5.41, 5.74) is 5.06. The van der Waals surface area contributed by atoms with E-state index < -0.39 is 6.03 Å². The number of nitrogens with one attached hydrogen (secondary N) is 2. The molecule has 0 aromatic heterocycles. The molecule has 110 valence electrons. The van der Waals surface area contributed by atoms with Crippen molar-refractivity contribution < 1.29 is 9.59 Å². The lowest BCUT2D eigenvalue weighted by molar-refractivity contribution is 0.164. The third kappa shape index (κ3) is 6.31. The minimum atomic E-state index is -0.499. The van der Waals surface area contributed by atoms with E-state index in [1.807, 2.05) is 4.90 Å². The lowest BCUT2D eigenvalue weighted by Crippen LogP contribution is -2.48. The van der Waals surface area contributed by atoms with Crippen LogP contribution in [0.4, 0.5) is 9.59 Å². The van der Waals surface area contributed by atoms with Gasteiger partial charge in [0, 0.05) is 26.2 Å². The molecule has 0 radical (unpaired) electrons. The molecule has 6 heteroatoms. The van der Waals surface area contributed by atoms with E-state index in [0.717, 1.165) is 45.2 Å². The average molecular weight is 270 g/mol. The Balaban J connectivity index is 2.24. The summed E-state index contributed by atoms with van der Waals surface area (Å²) in [6.45, 7) is 4.93. The minimum absolute atomic E-state index is 0.0138. The minimum Gasteiger partial charge on any atom is -0.352 e. The summed E-state index contributed by atoms with van der Waals surface area (Å²) >= 11 is 0. The van der Waals surface area contributed by atoms with Crippen molar-refractivity contribution >= 4 is 12.1 Å². The summed E-state index contributed by atoms with van der Waals surface area (Å²) in [5, 5.41) is 5.56. The van der Waals surface area contributed by atoms with Crippen molar-refractivity contribution in [1.29, 1.82) is 0 Å². The van der Waals surface area contributed by atoms with Crippen molar-refractivity contribution in [2.75, 3.05) is 26.2 Å². The molecule has 0 aromatic carbocycles. The van der Waals surface area contributed by atoms with Crippen molar-refractivity contribution in [3.05, 3.63) is 0 Å². The van der Waals surface area contributed by atoms with Crippen molar-refractivity contribution in [2.45, 2.75) is 39.0 Å². The Kier molecular flexibility index (Phi) is 7.07. The van der Waals surface area contributed by atoms with E-state index in [1.165, 1.54) is 0 Å². The summed E-state index contributed by atoms with van der Waals surface area (Å²) in [5.74, 6) is 0.308. The molecule has 1 atom stereocenters. The van der Waals surface area contributed by atoms with Crippen LogP contribution in [0.15, 0.2) is 0 Å². The molecule has 1 saturated heterocycles. The van der Waals surface area contributed by atoms with Crippen LogP contribution in [-0.2, 0) is 0 Å². The normalized spacial score (nSPS) is 19.0. The lowest BCUT2D eigenvalue weighted by atomic mass is 9.98. The van der Waals surface area contributed by atoms with Gasteiger partial charge in [-0.3, -0.25) is 0 Å². The molecule has 4 amide bonds. The fourth-order valence-corrected chi connectivity index (χ4v) is 2.34. The predicted molar refractivity (Wildman–Crippen MR) is 74.8 cm³/mol. The van der Waals surface area contributed by atoms with Crippen LogP contribution in [0.5, 0.6) is 0 Å². The van der Waals surface area contributed by atoms with E-state index in [0.29, 0.717) is 19.0 Å². The van der Waals surface area contributed by atoms with Gasteiger partial charge in [0.15, 0.2) is 0 Å². The molecule has 1 rings (SSSR count). The van der Waals surface area contributed by atoms with Gasteiger partial charge in [0.1, 0.15) is 0 Å². The van der Waals surface area contributed by atoms with Crippen LogP contribution in [0.3, 0.4) is 0 Å². The first-order chi connectivity index (χ1) is 9.13. The quantitative estimate of drug-likeness (QED) is 0.635. The standard InChI is InChI=1S/C13H26N4O2/c1-2-3-4-7-15-13(19)17-8-5-6-11(10-17)9-16-12(14)18/h11H,2-10H2,1H3,(H,15,19)(H3,14,16,18). The molecule has 0 spiro atoms. The number of rotatable bonds is 6. The number of hydrogen-bond donors (Lipinski definition) is 3. The first kappa shape index (κ1) is 15.6. The second kappa shape index (κ2) is 8.61. The topological polar surface area (TPSA) is 87.5 Å². The SMILES string of the molecule is CCCCCNC(=O)N1CCCC(CNC(N)=O)C1. The summed E-state index contributed by atoms with van der Waals surface area (Å²) in [4.78, 5) is 24.5. The summed E-state index contributed by atoms with van der Waals surface area (Å²) in [7, 11) is 0. The van der Waals surface area contributed by atoms with Gasteiger partial charge in [-0.25, -0.2) is 9.59 Å². The molecule has 4 N–H and O–H groups in total. The van der Waals surface area contributed by atoms with Crippen LogP contribution in [0, 0.1) is 5.92 Å². The summed E-state index contributed by atoms with van der Waals surface area (Å²) in [6.07, 6.45) is 5.34. The van der Waals surface area contributed by atoms with Crippen LogP contribution in [-0.4, -0.2) is 43.1 Å². The fraction of sp³-hybridized carbons (Fsp3) is 0.846. The van der Waals surface area contributed by atoms with Crippen LogP contribution in [0.25, 0.3) is 0 Å². The lowest BCUT2D eigenvalue weighted by Gasteiger charge is -2.32. The van der Waals surface area contributed by atoms with Gasteiger partial charge in [-0.15, -0.1) is 0 Å². The maximum Gasteiger partial charge on any atom is 0.317 e. The Morgan fingerprint density at radius 2 is 2.11 bits per heavy atom. The van der Waals surface area contributed by atoms with Crippen LogP contribution in [0.2, 0.25) is 0 Å². The van der Waals surface area contributed by atoms with Gasteiger partial charge < -0.3 is 21.3 Å². The highest BCUT2D eigenvalue weighted by Crippen LogP contribution is 2.15. The molecular weight excluding hydrogens is 244 g/mol. The van der Waals surface area contributed by atoms with Crippen molar-refractivity contribution in [2.24, 2.45) is 11.7 Å². The zero-order valence-corrected chi connectivity index (χ0v) is 11.8. The van der Waals surface area contributed by atoms with E-state index in [1.54, 1.807) is 0 Å². The van der Waals surface area contributed by atoms with E-state index in [-0.39, 0.29) is 6.03 Å². The third-order valence-electron chi connectivity index (χ3n) is 3.43. The molecule has 1 heterocycles. The molecule has 0 bridgehead atoms. The Labute approximate surface area is 115 Å². The van der Waals surface area contributed by atoms with Crippen LogP contribution in [0.1, 0.15) is 39.0 Å². The first-order valence-electron chi connectivity index (χ1n) is 7.19. The molecule has 19 heavy (non-hydrogen) atoms. The van der Waals surface area contributed by atoms with E-state index in [2.05, 4.69) is 17.6 Å². The fourth-order valence-electron chi connectivity index (χ4n) is 2.34. The second-order valence-electron chi connectivity index (χ2n) is 5.14. The van der Waals surface area contributed by atoms with Gasteiger partial charge in [-0.2, -0.15) is 0 Å². The number of hydrogen-bond acceptors (Lipinski definition) is 2. The van der Waals surface area contributed by atoms with Crippen LogP contribution >= 0.6 is 0 Å². The monoisotopic (exact) mass is 270 g/mol. The van der Waals surface area contributed by atoms with Crippen molar-refractivity contribution in [3.63, 3.8) is 0 Å². The number of piperidine rings is 1. The Morgan fingerprint density at radius 1 is 1.32 bits per heavy atom. The van der Waals surface area contributed by atoms with Gasteiger partial charge in [0.05, 0.1) is 0 Å². The largest absolute Gasteiger partial charge is 0.352 e. The Hall–Kier alpha value is -1.46. The third-order valence-corrected chi connectivity index (χ3v) is 3.43. The van der Waals surface area contributed by atoms with E-state index >= 15 is 0 Å². The highest BCUT2D eigenvalue weighted by molar-refractivity contribution is 5.74. The number of nitrogens with zero attached hydrogens (tertiary/aromatic N) is 1. The van der Waals surface area contributed by atoms with Crippen LogP contribution < -0.4 is 16.4 Å². The first-order valence-corrected chi connectivity index (χ1v) is 7.19. The smallest absolute Gasteiger partial charge is 0.317 e. The zero-order valence-electron chi connectivity index (χ0n) is 11.8. The number of primary amides is 1. The summed E-state index contributed by atoms with van der Waals surface area (Å²) in [6, 6.07) is -0.485. The molecule has 0 aliphatic carbocycles. The number of unbranched alkanes of at least 4 members (excludes halogenated alkanes) is 2. The molecule has 1 unspecified atom stereocenters. The number of carbonyl (C=O) groups excluding carboxylic acids is 2. The second-order valence-corrected chi connectivity index (χ2v) is 5.14. The number of likely N-dealkylation sites (tertiary alicyclic amines) is 1. The maximum absolute atomic E-state index is 11.9. The molecule has 6 nitrogen and oxygen atoms in total. The number of amides is 4. The van der Waals surface area contributed by atoms with Gasteiger partial charge in [0.2, 0.25) is 0 Å². The molecule has 1 aliphatic heterocycles. The van der Waals surface area contributed by atoms with E-state index in [9.17, 15) is 9.59 Å². The Morgan fingerprint density at radius 3 is 2.79 bits per heavy atom. The molecular formula is C13H26N4O2. The zero-order chi connectivity index (χ0) is 14.1. The molecule has 1 fully saturated rings. The molecule has 1 aliphatic rings. The molecule has 0 aromatic rings. The highest BCUT2D eigenvalue weighted by atomic mass is 16.2. The predicted octanol–water partition coefficient (Wildman–Crippen LogP) is 1.27. The van der Waals surface area contributed by atoms with Gasteiger partial charge in [0.25, 0.3) is 0 Å². The van der Waals surface area contributed by atoms with Crippen molar-refractivity contribution in [1.82, 2.24) is 15.5 Å². The van der Waals surface area contributed by atoms with E-state index in [4.69, 9.17) is 5.73 Å². The maximum atomic E-state index is 11.9. The van der Waals surface area contributed by atoms with Crippen molar-refractivity contribution in [3.8, 4) is 0 Å². The average Bonchev–Trinajstić information content (AvgIpc) is 2.41. The number of urea groups is 2. The Bertz CT molecular complexity index is 296. The van der Waals surface area contributed by atoms with Gasteiger partial charge in [-0.1, -0.05) is 19.8 Å². The molecule has 0 saturated carbocycles. The van der Waals surface area contributed by atoms with Gasteiger partial charge >= 0.3 is 12.1 Å². The number of carbonyl (C=O) groups is 2. The van der Waals surface area contributed by atoms with Gasteiger partial charge in [-0.05, 0) is 25.2 Å². The number of nitrogens with two attached hydrogens (primary N) is 1. The highest BCUT2D eigenvalue weighted by Gasteiger charge is 2.23.